The van der Waals surface area contributed by atoms with E-state index in [-0.39, 0.29) is 18.3 Å². The number of carbonyl (C=O) groups is 2. The quantitative estimate of drug-likeness (QED) is 0.644. The first-order valence-electron chi connectivity index (χ1n) is 7.57. The molecule has 0 aliphatic carbocycles. The molecule has 2 heterocycles. The van der Waals surface area contributed by atoms with Gasteiger partial charge in [-0.25, -0.2) is 9.18 Å². The molecule has 1 aromatic carbocycles. The third-order valence-electron chi connectivity index (χ3n) is 3.90. The first kappa shape index (κ1) is 16.4. The number of carbonyl (C=O) groups excluding carboxylic acids is 2. The molecule has 2 aromatic rings. The van der Waals surface area contributed by atoms with Gasteiger partial charge in [-0.15, -0.1) is 11.3 Å². The van der Waals surface area contributed by atoms with Crippen LogP contribution in [0.25, 0.3) is 0 Å². The van der Waals surface area contributed by atoms with Gasteiger partial charge in [0.05, 0.1) is 6.61 Å². The molecule has 3 amide bonds. The van der Waals surface area contributed by atoms with Gasteiger partial charge in [0.1, 0.15) is 11.6 Å². The summed E-state index contributed by atoms with van der Waals surface area (Å²) in [5.41, 5.74) is -0.997. The maximum atomic E-state index is 12.8. The number of imide groups is 1. The van der Waals surface area contributed by atoms with Gasteiger partial charge in [0.15, 0.2) is 5.54 Å². The van der Waals surface area contributed by atoms with E-state index in [1.165, 1.54) is 40.5 Å². The van der Waals surface area contributed by atoms with Gasteiger partial charge in [-0.3, -0.25) is 9.69 Å². The highest BCUT2D eigenvalue weighted by Crippen LogP contribution is 2.31. The molecule has 1 aromatic heterocycles. The van der Waals surface area contributed by atoms with Crippen molar-refractivity contribution in [2.75, 3.05) is 13.2 Å². The molecule has 126 valence electrons. The third kappa shape index (κ3) is 3.12. The summed E-state index contributed by atoms with van der Waals surface area (Å²) in [6, 6.07) is 9.01. The third-order valence-corrected chi connectivity index (χ3v) is 4.99. The molecule has 1 saturated heterocycles. The molecule has 1 unspecified atom stereocenters. The second-order valence-electron chi connectivity index (χ2n) is 5.65. The summed E-state index contributed by atoms with van der Waals surface area (Å²) in [4.78, 5) is 26.7. The van der Waals surface area contributed by atoms with Crippen LogP contribution in [0.3, 0.4) is 0 Å². The Balaban J connectivity index is 1.55. The predicted molar refractivity (Wildman–Crippen MR) is 88.4 cm³/mol. The van der Waals surface area contributed by atoms with Crippen molar-refractivity contribution in [3.8, 4) is 5.75 Å². The van der Waals surface area contributed by atoms with Gasteiger partial charge >= 0.3 is 6.03 Å². The van der Waals surface area contributed by atoms with Gasteiger partial charge in [-0.1, -0.05) is 6.07 Å². The zero-order valence-electron chi connectivity index (χ0n) is 13.1. The van der Waals surface area contributed by atoms with Crippen LogP contribution in [0.1, 0.15) is 18.2 Å². The number of thiophene rings is 1. The molecular formula is C17H17FN2O3S. The number of amides is 3. The maximum Gasteiger partial charge on any atom is 0.325 e. The van der Waals surface area contributed by atoms with Gasteiger partial charge in [0.2, 0.25) is 0 Å². The molecule has 1 aliphatic heterocycles. The van der Waals surface area contributed by atoms with Crippen molar-refractivity contribution >= 4 is 23.3 Å². The molecule has 0 bridgehead atoms. The molecule has 5 nitrogen and oxygen atoms in total. The summed E-state index contributed by atoms with van der Waals surface area (Å²) in [6.45, 7) is 2.32. The summed E-state index contributed by atoms with van der Waals surface area (Å²) in [5, 5.41) is 4.64. The highest BCUT2D eigenvalue weighted by atomic mass is 32.1. The van der Waals surface area contributed by atoms with Crippen molar-refractivity contribution in [1.82, 2.24) is 10.2 Å². The van der Waals surface area contributed by atoms with Crippen LogP contribution in [-0.4, -0.2) is 30.0 Å². The molecule has 0 saturated carbocycles. The lowest BCUT2D eigenvalue weighted by molar-refractivity contribution is -0.131. The Morgan fingerprint density at radius 2 is 2.00 bits per heavy atom. The number of hydrogen-bond donors (Lipinski definition) is 1. The van der Waals surface area contributed by atoms with E-state index in [1.54, 1.807) is 6.92 Å². The second-order valence-corrected chi connectivity index (χ2v) is 6.59. The van der Waals surface area contributed by atoms with Crippen LogP contribution in [-0.2, 0) is 10.3 Å². The van der Waals surface area contributed by atoms with Crippen LogP contribution in [0.4, 0.5) is 9.18 Å². The predicted octanol–water partition coefficient (Wildman–Crippen LogP) is 3.12. The summed E-state index contributed by atoms with van der Waals surface area (Å²) in [6.07, 6.45) is 0.497. The zero-order chi connectivity index (χ0) is 17.2. The minimum absolute atomic E-state index is 0.253. The van der Waals surface area contributed by atoms with Gasteiger partial charge in [-0.05, 0) is 49.1 Å². The fourth-order valence-electron chi connectivity index (χ4n) is 2.57. The Bertz CT molecular complexity index is 733. The topological polar surface area (TPSA) is 58.6 Å². The van der Waals surface area contributed by atoms with Crippen molar-refractivity contribution in [1.29, 1.82) is 0 Å². The van der Waals surface area contributed by atoms with E-state index < -0.39 is 11.6 Å². The molecule has 0 spiro atoms. The number of hydrogen-bond acceptors (Lipinski definition) is 4. The first-order valence-corrected chi connectivity index (χ1v) is 8.45. The van der Waals surface area contributed by atoms with E-state index in [0.717, 1.165) is 4.88 Å². The molecular weight excluding hydrogens is 331 g/mol. The van der Waals surface area contributed by atoms with Crippen molar-refractivity contribution in [3.63, 3.8) is 0 Å². The van der Waals surface area contributed by atoms with E-state index in [1.807, 2.05) is 17.5 Å². The van der Waals surface area contributed by atoms with Crippen LogP contribution in [0.2, 0.25) is 0 Å². The molecule has 24 heavy (non-hydrogen) atoms. The lowest BCUT2D eigenvalue weighted by atomic mass is 10.0. The van der Waals surface area contributed by atoms with Gasteiger partial charge in [0.25, 0.3) is 5.91 Å². The van der Waals surface area contributed by atoms with Crippen LogP contribution < -0.4 is 10.1 Å². The number of halogens is 1. The van der Waals surface area contributed by atoms with Crippen LogP contribution in [0.15, 0.2) is 41.8 Å². The van der Waals surface area contributed by atoms with E-state index in [2.05, 4.69) is 5.32 Å². The molecule has 1 fully saturated rings. The number of urea groups is 1. The largest absolute Gasteiger partial charge is 0.494 e. The Hall–Kier alpha value is -2.41. The molecule has 1 aliphatic rings. The Morgan fingerprint density at radius 3 is 2.67 bits per heavy atom. The van der Waals surface area contributed by atoms with Crippen LogP contribution in [0, 0.1) is 5.82 Å². The first-order chi connectivity index (χ1) is 11.5. The minimum Gasteiger partial charge on any atom is -0.494 e. The van der Waals surface area contributed by atoms with Crippen LogP contribution >= 0.6 is 11.3 Å². The molecule has 1 atom stereocenters. The average molecular weight is 348 g/mol. The summed E-state index contributed by atoms with van der Waals surface area (Å²) in [7, 11) is 0. The van der Waals surface area contributed by atoms with Crippen LogP contribution in [0.5, 0.6) is 5.75 Å². The standard InChI is InChI=1S/C17H17FN2O3S/c1-17(14-4-2-11-24-14)15(21)20(16(22)19-17)9-3-10-23-13-7-5-12(18)6-8-13/h2,4-8,11H,3,9-10H2,1H3,(H,19,22). The highest BCUT2D eigenvalue weighted by Gasteiger charge is 2.49. The molecule has 0 radical (unpaired) electrons. The fourth-order valence-corrected chi connectivity index (χ4v) is 3.41. The SMILES string of the molecule is CC1(c2cccs2)NC(=O)N(CCCOc2ccc(F)cc2)C1=O. The monoisotopic (exact) mass is 348 g/mol. The Labute approximate surface area is 143 Å². The lowest BCUT2D eigenvalue weighted by Gasteiger charge is -2.20. The number of nitrogens with one attached hydrogen (secondary N) is 1. The number of benzene rings is 1. The van der Waals surface area contributed by atoms with Crippen molar-refractivity contribution in [3.05, 3.63) is 52.5 Å². The number of rotatable bonds is 6. The second kappa shape index (κ2) is 6.60. The normalized spacial score (nSPS) is 20.3. The van der Waals surface area contributed by atoms with Gasteiger partial charge in [0, 0.05) is 11.4 Å². The van der Waals surface area contributed by atoms with Crippen molar-refractivity contribution in [2.24, 2.45) is 0 Å². The number of ether oxygens (including phenoxy) is 1. The Kier molecular flexibility index (Phi) is 4.53. The average Bonchev–Trinajstić information content (AvgIpc) is 3.17. The smallest absolute Gasteiger partial charge is 0.325 e. The highest BCUT2D eigenvalue weighted by molar-refractivity contribution is 7.10. The molecule has 3 rings (SSSR count). The van der Waals surface area contributed by atoms with Gasteiger partial charge < -0.3 is 10.1 Å². The van der Waals surface area contributed by atoms with Crippen molar-refractivity contribution in [2.45, 2.75) is 18.9 Å². The lowest BCUT2D eigenvalue weighted by Crippen LogP contribution is -2.40. The van der Waals surface area contributed by atoms with E-state index in [0.29, 0.717) is 18.8 Å². The molecule has 7 heteroatoms. The minimum atomic E-state index is -0.997. The van der Waals surface area contributed by atoms with E-state index in [4.69, 9.17) is 4.74 Å². The summed E-state index contributed by atoms with van der Waals surface area (Å²) >= 11 is 1.44. The fraction of sp³-hybridized carbons (Fsp3) is 0.294. The zero-order valence-corrected chi connectivity index (χ0v) is 13.9. The number of nitrogens with zero attached hydrogens (tertiary/aromatic N) is 1. The molecule has 1 N–H and O–H groups in total. The maximum absolute atomic E-state index is 12.8. The summed E-state index contributed by atoms with van der Waals surface area (Å²) in [5.74, 6) is -0.0247. The van der Waals surface area contributed by atoms with Crippen molar-refractivity contribution < 1.29 is 18.7 Å². The van der Waals surface area contributed by atoms with E-state index in [9.17, 15) is 14.0 Å². The van der Waals surface area contributed by atoms with Gasteiger partial charge in [-0.2, -0.15) is 0 Å². The summed E-state index contributed by atoms with van der Waals surface area (Å²) < 4.78 is 18.3. The Morgan fingerprint density at radius 1 is 1.25 bits per heavy atom. The van der Waals surface area contributed by atoms with E-state index >= 15 is 0 Å².